The molecular weight excluding hydrogens is 478 g/mol. The van der Waals surface area contributed by atoms with Crippen molar-refractivity contribution in [2.24, 2.45) is 5.92 Å². The van der Waals surface area contributed by atoms with Gasteiger partial charge in [0.05, 0.1) is 41.0 Å². The third-order valence-corrected chi connectivity index (χ3v) is 7.70. The fourth-order valence-corrected chi connectivity index (χ4v) is 5.63. The molecule has 6 rings (SSSR count). The number of pyridine rings is 2. The van der Waals surface area contributed by atoms with Crippen molar-refractivity contribution in [3.63, 3.8) is 0 Å². The fourth-order valence-electron chi connectivity index (χ4n) is 5.63. The smallest absolute Gasteiger partial charge is 0.317 e. The monoisotopic (exact) mass is 509 g/mol. The van der Waals surface area contributed by atoms with Crippen LogP contribution in [-0.2, 0) is 0 Å². The van der Waals surface area contributed by atoms with Crippen LogP contribution in [0.25, 0.3) is 21.9 Å². The van der Waals surface area contributed by atoms with Crippen LogP contribution in [-0.4, -0.2) is 64.7 Å². The number of carbonyl (C=O) groups excluding carboxylic acids is 1. The van der Waals surface area contributed by atoms with E-state index in [1.165, 1.54) is 0 Å². The van der Waals surface area contributed by atoms with Crippen LogP contribution in [0.4, 0.5) is 10.5 Å². The molecular formula is C29H31N7O2. The van der Waals surface area contributed by atoms with Gasteiger partial charge in [0.1, 0.15) is 11.4 Å². The molecule has 38 heavy (non-hydrogen) atoms. The van der Waals surface area contributed by atoms with E-state index in [9.17, 15) is 4.79 Å². The van der Waals surface area contributed by atoms with Gasteiger partial charge in [0, 0.05) is 55.9 Å². The molecule has 2 amide bonds. The van der Waals surface area contributed by atoms with Gasteiger partial charge in [-0.25, -0.2) is 9.78 Å². The molecule has 9 heteroatoms. The number of fused-ring (bicyclic) bond motifs is 3. The van der Waals surface area contributed by atoms with E-state index in [-0.39, 0.29) is 12.1 Å². The molecule has 2 fully saturated rings. The minimum absolute atomic E-state index is 0.0277. The summed E-state index contributed by atoms with van der Waals surface area (Å²) in [5, 5.41) is 14.5. The van der Waals surface area contributed by atoms with E-state index in [1.54, 1.807) is 18.3 Å². The molecule has 0 spiro atoms. The SMILES string of the molecule is N#Cc1ccc(OCC2CCCN(C(=O)NC3CCN(c4c[nH]c5ncc6ncccc6c45)CC3)C2)cc1. The summed E-state index contributed by atoms with van der Waals surface area (Å²) in [6.45, 7) is 3.79. The van der Waals surface area contributed by atoms with E-state index in [1.807, 2.05) is 35.5 Å². The topological polar surface area (TPSA) is 110 Å². The first-order valence-corrected chi connectivity index (χ1v) is 13.3. The van der Waals surface area contributed by atoms with Crippen molar-refractivity contribution >= 4 is 33.7 Å². The Morgan fingerprint density at radius 3 is 2.79 bits per heavy atom. The summed E-state index contributed by atoms with van der Waals surface area (Å²) in [7, 11) is 0. The highest BCUT2D eigenvalue weighted by Gasteiger charge is 2.28. The van der Waals surface area contributed by atoms with E-state index in [4.69, 9.17) is 10.00 Å². The number of nitriles is 1. The van der Waals surface area contributed by atoms with Crippen LogP contribution in [0.1, 0.15) is 31.2 Å². The molecule has 194 valence electrons. The van der Waals surface area contributed by atoms with E-state index >= 15 is 0 Å². The largest absolute Gasteiger partial charge is 0.493 e. The number of aromatic amines is 1. The number of aromatic nitrogens is 3. The second kappa shape index (κ2) is 10.6. The number of rotatable bonds is 5. The zero-order valence-corrected chi connectivity index (χ0v) is 21.3. The molecule has 4 aromatic rings. The van der Waals surface area contributed by atoms with Gasteiger partial charge in [0.2, 0.25) is 0 Å². The number of hydrogen-bond acceptors (Lipinski definition) is 6. The van der Waals surface area contributed by atoms with Crippen molar-refractivity contribution in [2.75, 3.05) is 37.7 Å². The quantitative estimate of drug-likeness (QED) is 0.411. The van der Waals surface area contributed by atoms with Crippen LogP contribution in [0.5, 0.6) is 5.75 Å². The van der Waals surface area contributed by atoms with Gasteiger partial charge in [0.25, 0.3) is 0 Å². The second-order valence-corrected chi connectivity index (χ2v) is 10.2. The van der Waals surface area contributed by atoms with E-state index in [0.717, 1.165) is 78.7 Å². The standard InChI is InChI=1S/C29H31N7O2/c30-15-20-5-7-23(8-6-20)38-19-21-3-2-12-36(18-21)29(37)34-22-9-13-35(14-10-22)26-17-33-28-27(26)24-4-1-11-31-25(24)16-32-28/h1,4-8,11,16-17,21-22H,2-3,9-10,12-14,18-19H2,(H,32,33)(H,34,37). The lowest BCUT2D eigenvalue weighted by Gasteiger charge is -2.37. The number of amides is 2. The zero-order valence-electron chi connectivity index (χ0n) is 21.3. The molecule has 5 heterocycles. The number of H-pyrrole nitrogens is 1. The average molecular weight is 510 g/mol. The molecule has 2 N–H and O–H groups in total. The predicted octanol–water partition coefficient (Wildman–Crippen LogP) is 4.45. The number of anilines is 1. The van der Waals surface area contributed by atoms with Crippen LogP contribution in [0.2, 0.25) is 0 Å². The molecule has 1 aromatic carbocycles. The maximum atomic E-state index is 13.1. The first-order chi connectivity index (χ1) is 18.7. The number of nitrogens with zero attached hydrogens (tertiary/aromatic N) is 5. The molecule has 0 radical (unpaired) electrons. The fraction of sp³-hybridized carbons (Fsp3) is 0.379. The number of urea groups is 1. The molecule has 2 saturated heterocycles. The number of ether oxygens (including phenoxy) is 1. The number of piperidine rings is 2. The van der Waals surface area contributed by atoms with Crippen molar-refractivity contribution in [1.29, 1.82) is 5.26 Å². The van der Waals surface area contributed by atoms with Gasteiger partial charge < -0.3 is 24.8 Å². The maximum absolute atomic E-state index is 13.1. The predicted molar refractivity (Wildman–Crippen MR) is 146 cm³/mol. The summed E-state index contributed by atoms with van der Waals surface area (Å²) in [6.07, 6.45) is 9.46. The van der Waals surface area contributed by atoms with Gasteiger partial charge in [-0.3, -0.25) is 4.98 Å². The third kappa shape index (κ3) is 4.94. The normalized spacial score (nSPS) is 18.4. The van der Waals surface area contributed by atoms with Crippen LogP contribution in [0.3, 0.4) is 0 Å². The van der Waals surface area contributed by atoms with Gasteiger partial charge in [0.15, 0.2) is 0 Å². The highest BCUT2D eigenvalue weighted by molar-refractivity contribution is 6.10. The molecule has 2 aliphatic heterocycles. The summed E-state index contributed by atoms with van der Waals surface area (Å²) in [5.41, 5.74) is 3.54. The number of nitrogens with one attached hydrogen (secondary N) is 2. The Balaban J connectivity index is 1.02. The van der Waals surface area contributed by atoms with Crippen molar-refractivity contribution < 1.29 is 9.53 Å². The molecule has 2 aliphatic rings. The van der Waals surface area contributed by atoms with Gasteiger partial charge in [-0.1, -0.05) is 6.07 Å². The number of carbonyl (C=O) groups is 1. The minimum Gasteiger partial charge on any atom is -0.493 e. The average Bonchev–Trinajstić information content (AvgIpc) is 3.42. The molecule has 0 aliphatic carbocycles. The highest BCUT2D eigenvalue weighted by atomic mass is 16.5. The van der Waals surface area contributed by atoms with Crippen molar-refractivity contribution in [2.45, 2.75) is 31.7 Å². The first kappa shape index (κ1) is 24.0. The summed E-state index contributed by atoms with van der Waals surface area (Å²) in [4.78, 5) is 29.7. The third-order valence-electron chi connectivity index (χ3n) is 7.70. The number of likely N-dealkylation sites (tertiary alicyclic amines) is 1. The van der Waals surface area contributed by atoms with Gasteiger partial charge >= 0.3 is 6.03 Å². The zero-order chi connectivity index (χ0) is 25.9. The first-order valence-electron chi connectivity index (χ1n) is 13.3. The molecule has 0 bridgehead atoms. The summed E-state index contributed by atoms with van der Waals surface area (Å²) in [6, 6.07) is 13.5. The lowest BCUT2D eigenvalue weighted by Crippen LogP contribution is -2.52. The van der Waals surface area contributed by atoms with E-state index in [0.29, 0.717) is 24.6 Å². The number of benzene rings is 1. The van der Waals surface area contributed by atoms with Crippen LogP contribution in [0.15, 0.2) is 55.0 Å². The van der Waals surface area contributed by atoms with Crippen molar-refractivity contribution in [3.05, 3.63) is 60.6 Å². The van der Waals surface area contributed by atoms with Gasteiger partial charge in [-0.05, 0) is 56.0 Å². The highest BCUT2D eigenvalue weighted by Crippen LogP contribution is 2.33. The molecule has 1 atom stereocenters. The number of hydrogen-bond donors (Lipinski definition) is 2. The molecule has 1 unspecified atom stereocenters. The molecule has 0 saturated carbocycles. The van der Waals surface area contributed by atoms with Gasteiger partial charge in [-0.15, -0.1) is 0 Å². The van der Waals surface area contributed by atoms with Gasteiger partial charge in [-0.2, -0.15) is 5.26 Å². The summed E-state index contributed by atoms with van der Waals surface area (Å²) >= 11 is 0. The Bertz CT molecular complexity index is 1470. The second-order valence-electron chi connectivity index (χ2n) is 10.2. The Morgan fingerprint density at radius 2 is 1.97 bits per heavy atom. The molecule has 9 nitrogen and oxygen atoms in total. The minimum atomic E-state index is 0.0277. The Morgan fingerprint density at radius 1 is 1.13 bits per heavy atom. The molecule has 3 aromatic heterocycles. The Hall–Kier alpha value is -4.32. The summed E-state index contributed by atoms with van der Waals surface area (Å²) < 4.78 is 5.94. The van der Waals surface area contributed by atoms with Crippen LogP contribution >= 0.6 is 0 Å². The van der Waals surface area contributed by atoms with Crippen LogP contribution in [0, 0.1) is 17.2 Å². The maximum Gasteiger partial charge on any atom is 0.317 e. The lowest BCUT2D eigenvalue weighted by atomic mass is 9.99. The van der Waals surface area contributed by atoms with Crippen LogP contribution < -0.4 is 15.0 Å². The van der Waals surface area contributed by atoms with Crippen molar-refractivity contribution in [1.82, 2.24) is 25.2 Å². The Labute approximate surface area is 221 Å². The van der Waals surface area contributed by atoms with Crippen molar-refractivity contribution in [3.8, 4) is 11.8 Å². The van der Waals surface area contributed by atoms with E-state index in [2.05, 4.69) is 37.3 Å². The summed E-state index contributed by atoms with van der Waals surface area (Å²) in [5.74, 6) is 1.05. The lowest BCUT2D eigenvalue weighted by molar-refractivity contribution is 0.134. The van der Waals surface area contributed by atoms with E-state index < -0.39 is 0 Å². The Kier molecular flexibility index (Phi) is 6.69.